The average Bonchev–Trinajstić information content (AvgIpc) is 2.63. The SMILES string of the molecule is Cc1cc(NC(=O)C(N)c2cccnc2)ccc1N1CCOCC1=O. The summed E-state index contributed by atoms with van der Waals surface area (Å²) in [6.45, 7) is 3.04. The predicted molar refractivity (Wildman–Crippen MR) is 94.1 cm³/mol. The number of aromatic nitrogens is 1. The molecule has 0 spiro atoms. The molecule has 1 unspecified atom stereocenters. The summed E-state index contributed by atoms with van der Waals surface area (Å²) >= 11 is 0. The van der Waals surface area contributed by atoms with Gasteiger partial charge in [-0.3, -0.25) is 14.6 Å². The van der Waals surface area contributed by atoms with Crippen LogP contribution in [0.1, 0.15) is 17.2 Å². The third-order valence-electron chi connectivity index (χ3n) is 4.07. The van der Waals surface area contributed by atoms with Gasteiger partial charge in [0.15, 0.2) is 0 Å². The maximum Gasteiger partial charge on any atom is 0.253 e. The van der Waals surface area contributed by atoms with E-state index in [2.05, 4.69) is 10.3 Å². The summed E-state index contributed by atoms with van der Waals surface area (Å²) in [6.07, 6.45) is 3.20. The lowest BCUT2D eigenvalue weighted by Crippen LogP contribution is -2.42. The molecule has 0 aliphatic carbocycles. The fraction of sp³-hybridized carbons (Fsp3) is 0.278. The highest BCUT2D eigenvalue weighted by Crippen LogP contribution is 2.25. The van der Waals surface area contributed by atoms with Crippen molar-refractivity contribution >= 4 is 23.2 Å². The minimum absolute atomic E-state index is 0.0651. The van der Waals surface area contributed by atoms with E-state index < -0.39 is 6.04 Å². The zero-order valence-corrected chi connectivity index (χ0v) is 13.9. The van der Waals surface area contributed by atoms with Crippen molar-refractivity contribution in [1.82, 2.24) is 4.98 Å². The maximum absolute atomic E-state index is 12.3. The average molecular weight is 340 g/mol. The number of pyridine rings is 1. The molecule has 0 saturated carbocycles. The van der Waals surface area contributed by atoms with E-state index in [1.165, 1.54) is 0 Å². The van der Waals surface area contributed by atoms with E-state index >= 15 is 0 Å². The van der Waals surface area contributed by atoms with Crippen molar-refractivity contribution in [2.75, 3.05) is 30.0 Å². The molecule has 7 heteroatoms. The first kappa shape index (κ1) is 17.1. The van der Waals surface area contributed by atoms with Crippen LogP contribution in [0.3, 0.4) is 0 Å². The van der Waals surface area contributed by atoms with Crippen molar-refractivity contribution in [1.29, 1.82) is 0 Å². The van der Waals surface area contributed by atoms with Gasteiger partial charge >= 0.3 is 0 Å². The number of nitrogens with one attached hydrogen (secondary N) is 1. The van der Waals surface area contributed by atoms with Crippen LogP contribution in [-0.4, -0.2) is 36.6 Å². The number of hydrogen-bond donors (Lipinski definition) is 2. The fourth-order valence-corrected chi connectivity index (χ4v) is 2.74. The number of morpholine rings is 1. The Kier molecular flexibility index (Phi) is 5.06. The number of aryl methyl sites for hydroxylation is 1. The van der Waals surface area contributed by atoms with Gasteiger partial charge in [0.05, 0.1) is 6.61 Å². The monoisotopic (exact) mass is 340 g/mol. The zero-order valence-electron chi connectivity index (χ0n) is 13.9. The molecule has 1 aromatic carbocycles. The lowest BCUT2D eigenvalue weighted by atomic mass is 10.1. The van der Waals surface area contributed by atoms with Crippen LogP contribution in [0.15, 0.2) is 42.7 Å². The molecule has 0 bridgehead atoms. The summed E-state index contributed by atoms with van der Waals surface area (Å²) < 4.78 is 5.15. The van der Waals surface area contributed by atoms with Crippen molar-refractivity contribution in [3.63, 3.8) is 0 Å². The summed E-state index contributed by atoms with van der Waals surface area (Å²) in [7, 11) is 0. The number of amides is 2. The Balaban J connectivity index is 1.72. The normalized spacial score (nSPS) is 15.8. The smallest absolute Gasteiger partial charge is 0.253 e. The number of benzene rings is 1. The third-order valence-corrected chi connectivity index (χ3v) is 4.07. The second-order valence-corrected chi connectivity index (χ2v) is 5.85. The summed E-state index contributed by atoms with van der Waals surface area (Å²) in [6, 6.07) is 8.11. The number of carbonyl (C=O) groups is 2. The van der Waals surface area contributed by atoms with E-state index in [9.17, 15) is 9.59 Å². The van der Waals surface area contributed by atoms with E-state index in [0.29, 0.717) is 24.4 Å². The standard InChI is InChI=1S/C18H20N4O3/c1-12-9-14(4-5-15(12)22-7-8-25-11-16(22)23)21-18(24)17(19)13-3-2-6-20-10-13/h2-6,9-10,17H,7-8,11,19H2,1H3,(H,21,24). The maximum atomic E-state index is 12.3. The van der Waals surface area contributed by atoms with E-state index in [1.807, 2.05) is 19.1 Å². The molecular formula is C18H20N4O3. The molecular weight excluding hydrogens is 320 g/mol. The first-order chi connectivity index (χ1) is 12.1. The number of anilines is 2. The molecule has 2 amide bonds. The zero-order chi connectivity index (χ0) is 17.8. The van der Waals surface area contributed by atoms with Crippen molar-refractivity contribution in [2.45, 2.75) is 13.0 Å². The molecule has 25 heavy (non-hydrogen) atoms. The van der Waals surface area contributed by atoms with Crippen LogP contribution in [0, 0.1) is 6.92 Å². The molecule has 1 atom stereocenters. The van der Waals surface area contributed by atoms with Gasteiger partial charge in [0.2, 0.25) is 5.91 Å². The predicted octanol–water partition coefficient (Wildman–Crippen LogP) is 1.39. The Morgan fingerprint density at radius 2 is 2.24 bits per heavy atom. The van der Waals surface area contributed by atoms with Crippen molar-refractivity contribution in [2.24, 2.45) is 5.73 Å². The quantitative estimate of drug-likeness (QED) is 0.876. The van der Waals surface area contributed by atoms with Crippen LogP contribution in [0.2, 0.25) is 0 Å². The second kappa shape index (κ2) is 7.42. The molecule has 130 valence electrons. The van der Waals surface area contributed by atoms with Crippen LogP contribution < -0.4 is 16.0 Å². The van der Waals surface area contributed by atoms with Crippen molar-refractivity contribution < 1.29 is 14.3 Å². The summed E-state index contributed by atoms with van der Waals surface area (Å²) in [5.41, 5.74) is 8.96. The molecule has 1 aliphatic heterocycles. The molecule has 3 rings (SSSR count). The number of carbonyl (C=O) groups excluding carboxylic acids is 2. The van der Waals surface area contributed by atoms with Gasteiger partial charge in [-0.1, -0.05) is 6.07 Å². The van der Waals surface area contributed by atoms with Crippen LogP contribution in [-0.2, 0) is 14.3 Å². The Labute approximate surface area is 145 Å². The van der Waals surface area contributed by atoms with Gasteiger partial charge in [-0.05, 0) is 42.3 Å². The summed E-state index contributed by atoms with van der Waals surface area (Å²) in [4.78, 5) is 30.0. The van der Waals surface area contributed by atoms with Gasteiger partial charge in [0.1, 0.15) is 12.6 Å². The van der Waals surface area contributed by atoms with Crippen LogP contribution >= 0.6 is 0 Å². The van der Waals surface area contributed by atoms with E-state index in [0.717, 1.165) is 11.3 Å². The summed E-state index contributed by atoms with van der Waals surface area (Å²) in [5.74, 6) is -0.382. The van der Waals surface area contributed by atoms with Crippen LogP contribution in [0.25, 0.3) is 0 Å². The van der Waals surface area contributed by atoms with Gasteiger partial charge in [-0.2, -0.15) is 0 Å². The Hall–Kier alpha value is -2.77. The van der Waals surface area contributed by atoms with Crippen molar-refractivity contribution in [3.05, 3.63) is 53.9 Å². The molecule has 1 aromatic heterocycles. The first-order valence-corrected chi connectivity index (χ1v) is 8.01. The number of ether oxygens (including phenoxy) is 1. The van der Waals surface area contributed by atoms with Crippen LogP contribution in [0.4, 0.5) is 11.4 Å². The van der Waals surface area contributed by atoms with Gasteiger partial charge in [-0.15, -0.1) is 0 Å². The first-order valence-electron chi connectivity index (χ1n) is 8.01. The lowest BCUT2D eigenvalue weighted by molar-refractivity contribution is -0.125. The van der Waals surface area contributed by atoms with E-state index in [4.69, 9.17) is 10.5 Å². The Morgan fingerprint density at radius 3 is 2.92 bits per heavy atom. The number of rotatable bonds is 4. The molecule has 1 aliphatic rings. The van der Waals surface area contributed by atoms with Gasteiger partial charge in [0.25, 0.3) is 5.91 Å². The highest BCUT2D eigenvalue weighted by atomic mass is 16.5. The topological polar surface area (TPSA) is 97.6 Å². The second-order valence-electron chi connectivity index (χ2n) is 5.85. The minimum Gasteiger partial charge on any atom is -0.370 e. The van der Waals surface area contributed by atoms with Gasteiger partial charge < -0.3 is 20.7 Å². The largest absolute Gasteiger partial charge is 0.370 e. The molecule has 3 N–H and O–H groups in total. The van der Waals surface area contributed by atoms with Gasteiger partial charge in [-0.25, -0.2) is 0 Å². The minimum atomic E-state index is -0.797. The van der Waals surface area contributed by atoms with Crippen LogP contribution in [0.5, 0.6) is 0 Å². The number of nitrogens with two attached hydrogens (primary N) is 1. The molecule has 2 aromatic rings. The Morgan fingerprint density at radius 1 is 1.40 bits per heavy atom. The molecule has 1 fully saturated rings. The van der Waals surface area contributed by atoms with E-state index in [1.54, 1.807) is 35.5 Å². The number of hydrogen-bond acceptors (Lipinski definition) is 5. The molecule has 1 saturated heterocycles. The highest BCUT2D eigenvalue weighted by molar-refractivity contribution is 5.97. The lowest BCUT2D eigenvalue weighted by Gasteiger charge is -2.28. The fourth-order valence-electron chi connectivity index (χ4n) is 2.74. The summed E-state index contributed by atoms with van der Waals surface area (Å²) in [5, 5.41) is 2.80. The molecule has 0 radical (unpaired) electrons. The van der Waals surface area contributed by atoms with E-state index in [-0.39, 0.29) is 18.4 Å². The molecule has 2 heterocycles. The third kappa shape index (κ3) is 3.84. The Bertz CT molecular complexity index is 779. The highest BCUT2D eigenvalue weighted by Gasteiger charge is 2.22. The number of nitrogens with zero attached hydrogens (tertiary/aromatic N) is 2. The van der Waals surface area contributed by atoms with Crippen molar-refractivity contribution in [3.8, 4) is 0 Å². The van der Waals surface area contributed by atoms with Gasteiger partial charge in [0, 0.05) is 30.3 Å². The molecule has 7 nitrogen and oxygen atoms in total.